The Balaban J connectivity index is 0.00000112. The molecule has 2 rings (SSSR count). The van der Waals surface area contributed by atoms with Gasteiger partial charge in [-0.05, 0) is 32.1 Å². The molecule has 0 bridgehead atoms. The van der Waals surface area contributed by atoms with Crippen LogP contribution in [0.15, 0.2) is 12.0 Å². The maximum absolute atomic E-state index is 11.4. The molecule has 0 aromatic carbocycles. The van der Waals surface area contributed by atoms with Crippen LogP contribution in [-0.2, 0) is 4.74 Å². The Bertz CT molecular complexity index is 280. The van der Waals surface area contributed by atoms with Gasteiger partial charge in [-0.25, -0.2) is 4.79 Å². The van der Waals surface area contributed by atoms with Gasteiger partial charge in [0.15, 0.2) is 0 Å². The molecule has 1 saturated carbocycles. The SMILES string of the molecule is C/C=C(\[O-])N1C(=O)O[C@H]2CCCC[C@@H]21.[Na+]. The molecule has 2 fully saturated rings. The van der Waals surface area contributed by atoms with Crippen molar-refractivity contribution in [3.63, 3.8) is 0 Å². The third kappa shape index (κ3) is 2.32. The minimum absolute atomic E-state index is 0. The Morgan fingerprint density at radius 2 is 2.20 bits per heavy atom. The van der Waals surface area contributed by atoms with E-state index in [-0.39, 0.29) is 47.6 Å². The number of nitrogens with zero attached hydrogens (tertiary/aromatic N) is 1. The first kappa shape index (κ1) is 12.9. The minimum Gasteiger partial charge on any atom is -0.860 e. The average molecular weight is 219 g/mol. The summed E-state index contributed by atoms with van der Waals surface area (Å²) < 4.78 is 5.15. The summed E-state index contributed by atoms with van der Waals surface area (Å²) in [5.74, 6) is -0.232. The summed E-state index contributed by atoms with van der Waals surface area (Å²) in [5, 5.41) is 11.4. The van der Waals surface area contributed by atoms with E-state index in [1.54, 1.807) is 6.92 Å². The van der Waals surface area contributed by atoms with Crippen LogP contribution in [-0.4, -0.2) is 23.1 Å². The molecule has 0 aromatic rings. The van der Waals surface area contributed by atoms with Crippen molar-refractivity contribution in [1.29, 1.82) is 0 Å². The van der Waals surface area contributed by atoms with Crippen molar-refractivity contribution >= 4 is 6.09 Å². The van der Waals surface area contributed by atoms with Crippen LogP contribution in [0.1, 0.15) is 32.6 Å². The van der Waals surface area contributed by atoms with Crippen LogP contribution in [0, 0.1) is 0 Å². The molecule has 4 nitrogen and oxygen atoms in total. The maximum Gasteiger partial charge on any atom is 1.00 e. The first-order valence-corrected chi connectivity index (χ1v) is 5.07. The second-order valence-electron chi connectivity index (χ2n) is 3.77. The van der Waals surface area contributed by atoms with Gasteiger partial charge in [-0.2, -0.15) is 0 Å². The van der Waals surface area contributed by atoms with E-state index in [1.165, 1.54) is 11.0 Å². The van der Waals surface area contributed by atoms with Gasteiger partial charge in [0.1, 0.15) is 6.10 Å². The molecule has 15 heavy (non-hydrogen) atoms. The fourth-order valence-corrected chi connectivity index (χ4v) is 2.22. The zero-order valence-electron chi connectivity index (χ0n) is 9.23. The van der Waals surface area contributed by atoms with Gasteiger partial charge < -0.3 is 9.84 Å². The monoisotopic (exact) mass is 219 g/mol. The molecule has 1 saturated heterocycles. The van der Waals surface area contributed by atoms with Gasteiger partial charge in [0.2, 0.25) is 0 Å². The molecular formula is C10H14NNaO3. The molecule has 5 heteroatoms. The van der Waals surface area contributed by atoms with E-state index in [9.17, 15) is 9.90 Å². The van der Waals surface area contributed by atoms with Crippen molar-refractivity contribution < 1.29 is 44.2 Å². The van der Waals surface area contributed by atoms with Crippen LogP contribution in [0.2, 0.25) is 0 Å². The Morgan fingerprint density at radius 3 is 2.87 bits per heavy atom. The van der Waals surface area contributed by atoms with Crippen molar-refractivity contribution in [2.75, 3.05) is 0 Å². The Hall–Kier alpha value is -0.190. The summed E-state index contributed by atoms with van der Waals surface area (Å²) in [6, 6.07) is -0.0139. The zero-order valence-corrected chi connectivity index (χ0v) is 11.2. The van der Waals surface area contributed by atoms with Gasteiger partial charge in [-0.1, -0.05) is 12.5 Å². The van der Waals surface area contributed by atoms with Crippen molar-refractivity contribution in [2.24, 2.45) is 0 Å². The Kier molecular flexibility index (Phi) is 4.49. The molecule has 1 amide bonds. The molecule has 0 unspecified atom stereocenters. The molecule has 0 N–H and O–H groups in total. The summed E-state index contributed by atoms with van der Waals surface area (Å²) >= 11 is 0. The van der Waals surface area contributed by atoms with Crippen LogP contribution in [0.25, 0.3) is 0 Å². The summed E-state index contributed by atoms with van der Waals surface area (Å²) in [6.07, 6.45) is 4.83. The van der Waals surface area contributed by atoms with Gasteiger partial charge in [0.05, 0.1) is 6.04 Å². The number of amides is 1. The number of carbonyl (C=O) groups is 1. The van der Waals surface area contributed by atoms with E-state index in [1.807, 2.05) is 0 Å². The first-order chi connectivity index (χ1) is 6.74. The number of hydrogen-bond donors (Lipinski definition) is 0. The van der Waals surface area contributed by atoms with E-state index >= 15 is 0 Å². The first-order valence-electron chi connectivity index (χ1n) is 5.07. The van der Waals surface area contributed by atoms with E-state index in [2.05, 4.69) is 0 Å². The van der Waals surface area contributed by atoms with Crippen molar-refractivity contribution in [3.05, 3.63) is 12.0 Å². The summed E-state index contributed by atoms with van der Waals surface area (Å²) in [4.78, 5) is 12.7. The number of fused-ring (bicyclic) bond motifs is 1. The molecule has 1 aliphatic heterocycles. The molecule has 78 valence electrons. The van der Waals surface area contributed by atoms with E-state index < -0.39 is 6.09 Å². The Labute approximate surface area is 112 Å². The maximum atomic E-state index is 11.4. The van der Waals surface area contributed by atoms with Crippen LogP contribution in [0.3, 0.4) is 0 Å². The molecule has 0 radical (unpaired) electrons. The molecule has 1 heterocycles. The average Bonchev–Trinajstić information content (AvgIpc) is 2.53. The van der Waals surface area contributed by atoms with Crippen molar-refractivity contribution in [3.8, 4) is 0 Å². The Morgan fingerprint density at radius 1 is 1.53 bits per heavy atom. The second-order valence-corrected chi connectivity index (χ2v) is 3.77. The fourth-order valence-electron chi connectivity index (χ4n) is 2.22. The van der Waals surface area contributed by atoms with Crippen molar-refractivity contribution in [1.82, 2.24) is 4.90 Å². The molecule has 0 aromatic heterocycles. The van der Waals surface area contributed by atoms with Crippen LogP contribution < -0.4 is 34.7 Å². The minimum atomic E-state index is -0.468. The number of rotatable bonds is 1. The topological polar surface area (TPSA) is 52.6 Å². The third-order valence-corrected chi connectivity index (χ3v) is 2.93. The van der Waals surface area contributed by atoms with Crippen LogP contribution in [0.4, 0.5) is 4.79 Å². The van der Waals surface area contributed by atoms with Crippen LogP contribution >= 0.6 is 0 Å². The quantitative estimate of drug-likeness (QED) is 0.378. The smallest absolute Gasteiger partial charge is 0.860 e. The summed E-state index contributed by atoms with van der Waals surface area (Å²) in [7, 11) is 0. The second kappa shape index (κ2) is 5.23. The predicted molar refractivity (Wildman–Crippen MR) is 48.1 cm³/mol. The number of ether oxygens (including phenoxy) is 1. The van der Waals surface area contributed by atoms with E-state index in [4.69, 9.17) is 4.74 Å². The normalized spacial score (nSPS) is 30.6. The molecule has 2 aliphatic rings. The molecule has 0 spiro atoms. The molecule has 2 atom stereocenters. The van der Waals surface area contributed by atoms with E-state index in [0.717, 1.165) is 25.7 Å². The van der Waals surface area contributed by atoms with Gasteiger partial charge in [0.25, 0.3) is 0 Å². The summed E-state index contributed by atoms with van der Waals surface area (Å²) in [5.41, 5.74) is 0. The van der Waals surface area contributed by atoms with Gasteiger partial charge >= 0.3 is 35.7 Å². The van der Waals surface area contributed by atoms with Gasteiger partial charge in [-0.15, -0.1) is 0 Å². The molecule has 1 aliphatic carbocycles. The van der Waals surface area contributed by atoms with Crippen LogP contribution in [0.5, 0.6) is 0 Å². The number of hydrogen-bond acceptors (Lipinski definition) is 3. The van der Waals surface area contributed by atoms with Gasteiger partial charge in [-0.3, -0.25) is 4.90 Å². The number of carbonyl (C=O) groups excluding carboxylic acids is 1. The number of allylic oxidation sites excluding steroid dienone is 1. The van der Waals surface area contributed by atoms with E-state index in [0.29, 0.717) is 0 Å². The van der Waals surface area contributed by atoms with Crippen molar-refractivity contribution in [2.45, 2.75) is 44.8 Å². The standard InChI is InChI=1S/C10H15NO3.Na/c1-2-9(12)11-7-5-3-4-6-8(7)14-10(11)13;/h2,7-8,12H,3-6H2,1H3;/q;+1/p-1/b9-2-;/t7-,8-;/m0./s1. The third-order valence-electron chi connectivity index (χ3n) is 2.93. The zero-order chi connectivity index (χ0) is 10.1. The predicted octanol–water partition coefficient (Wildman–Crippen LogP) is -2.02. The largest absolute Gasteiger partial charge is 1.00 e. The molecular weight excluding hydrogens is 205 g/mol. The summed E-state index contributed by atoms with van der Waals surface area (Å²) in [6.45, 7) is 1.64. The fraction of sp³-hybridized carbons (Fsp3) is 0.700. The van der Waals surface area contributed by atoms with Gasteiger partial charge in [0, 0.05) is 0 Å².